The van der Waals surface area contributed by atoms with Gasteiger partial charge in [0.2, 0.25) is 5.91 Å². The number of para-hydroxylation sites is 1. The van der Waals surface area contributed by atoms with Gasteiger partial charge in [-0.15, -0.1) is 0 Å². The summed E-state index contributed by atoms with van der Waals surface area (Å²) in [6, 6.07) is 32.4. The van der Waals surface area contributed by atoms with Gasteiger partial charge >= 0.3 is 0 Å². The number of halogens is 1. The number of hydrogen-bond donors (Lipinski definition) is 7. The lowest BCUT2D eigenvalue weighted by Crippen LogP contribution is -2.49. The van der Waals surface area contributed by atoms with E-state index in [1.807, 2.05) is 91.1 Å². The van der Waals surface area contributed by atoms with Gasteiger partial charge in [0.15, 0.2) is 5.96 Å². The van der Waals surface area contributed by atoms with Crippen molar-refractivity contribution in [3.63, 3.8) is 0 Å². The van der Waals surface area contributed by atoms with Crippen LogP contribution in [0, 0.1) is 0 Å². The Morgan fingerprint density at radius 1 is 0.833 bits per heavy atom. The molecular weight excluding hydrogens is 748 g/mol. The second-order valence-corrected chi connectivity index (χ2v) is 13.3. The summed E-state index contributed by atoms with van der Waals surface area (Å²) >= 11 is 3.46. The van der Waals surface area contributed by atoms with Crippen LogP contribution in [-0.2, 0) is 11.2 Å². The molecule has 0 spiro atoms. The molecule has 0 bridgehead atoms. The van der Waals surface area contributed by atoms with E-state index in [1.54, 1.807) is 31.4 Å². The number of fused-ring (bicyclic) bond motifs is 2. The fourth-order valence-electron chi connectivity index (χ4n) is 5.92. The second-order valence-electron chi connectivity index (χ2n) is 12.4. The molecule has 1 atom stereocenters. The van der Waals surface area contributed by atoms with Gasteiger partial charge in [-0.1, -0.05) is 64.5 Å². The number of nitrogens with two attached hydrogens (primary N) is 1. The predicted octanol–water partition coefficient (Wildman–Crippen LogP) is 5.82. The van der Waals surface area contributed by atoms with E-state index in [4.69, 9.17) is 10.5 Å². The molecule has 0 aliphatic heterocycles. The molecule has 0 saturated carbocycles. The molecule has 1 heterocycles. The molecule has 54 heavy (non-hydrogen) atoms. The molecule has 0 unspecified atom stereocenters. The van der Waals surface area contributed by atoms with Crippen molar-refractivity contribution in [3.8, 4) is 5.75 Å². The summed E-state index contributed by atoms with van der Waals surface area (Å²) in [5.41, 5.74) is 9.22. The Kier molecular flexibility index (Phi) is 12.6. The molecule has 276 valence electrons. The number of H-pyrrole nitrogens is 1. The van der Waals surface area contributed by atoms with E-state index in [1.165, 1.54) is 0 Å². The first-order valence-electron chi connectivity index (χ1n) is 17.4. The lowest BCUT2D eigenvalue weighted by atomic mass is 10.0. The number of nitrogens with one attached hydrogen (secondary N) is 6. The SMILES string of the molecule is COc1ccc(NC(=NCCN)NCCNC(=O)[C@H](Cc2c[nH]c3ccccc23)NC(=O)c2cc(Br)ccc2NC(=O)c2ccc3ccccc3c2)cc1. The summed E-state index contributed by atoms with van der Waals surface area (Å²) in [5.74, 6) is -0.0447. The van der Waals surface area contributed by atoms with Crippen molar-refractivity contribution < 1.29 is 19.1 Å². The maximum atomic E-state index is 14.0. The summed E-state index contributed by atoms with van der Waals surface area (Å²) in [6.45, 7) is 1.34. The number of methoxy groups -OCH3 is 1. The minimum Gasteiger partial charge on any atom is -0.497 e. The molecule has 0 radical (unpaired) electrons. The van der Waals surface area contributed by atoms with Crippen LogP contribution < -0.4 is 37.1 Å². The molecule has 0 fully saturated rings. The average Bonchev–Trinajstić information content (AvgIpc) is 3.61. The van der Waals surface area contributed by atoms with Crippen LogP contribution in [0.15, 0.2) is 125 Å². The van der Waals surface area contributed by atoms with Crippen molar-refractivity contribution >= 4 is 72.7 Å². The molecule has 1 aromatic heterocycles. The molecule has 0 aliphatic rings. The van der Waals surface area contributed by atoms with Crippen molar-refractivity contribution in [1.29, 1.82) is 0 Å². The first kappa shape index (κ1) is 37.6. The molecule has 12 nitrogen and oxygen atoms in total. The zero-order chi connectivity index (χ0) is 37.9. The van der Waals surface area contributed by atoms with Gasteiger partial charge in [-0.2, -0.15) is 0 Å². The number of carbonyl (C=O) groups is 3. The number of amides is 3. The first-order valence-corrected chi connectivity index (χ1v) is 18.2. The van der Waals surface area contributed by atoms with Gasteiger partial charge in [0.25, 0.3) is 11.8 Å². The van der Waals surface area contributed by atoms with E-state index in [0.29, 0.717) is 41.3 Å². The van der Waals surface area contributed by atoms with Crippen molar-refractivity contribution in [2.24, 2.45) is 10.7 Å². The maximum absolute atomic E-state index is 14.0. The van der Waals surface area contributed by atoms with Crippen LogP contribution >= 0.6 is 15.9 Å². The fourth-order valence-corrected chi connectivity index (χ4v) is 6.28. The Balaban J connectivity index is 1.16. The zero-order valence-electron chi connectivity index (χ0n) is 29.6. The second kappa shape index (κ2) is 18.0. The van der Waals surface area contributed by atoms with Crippen LogP contribution in [0.1, 0.15) is 26.3 Å². The number of aromatic nitrogens is 1. The van der Waals surface area contributed by atoms with Crippen LogP contribution in [-0.4, -0.2) is 68.0 Å². The normalized spacial score (nSPS) is 11.9. The Hall–Kier alpha value is -6.18. The van der Waals surface area contributed by atoms with Gasteiger partial charge in [-0.05, 0) is 77.0 Å². The quantitative estimate of drug-likeness (QED) is 0.0414. The van der Waals surface area contributed by atoms with E-state index < -0.39 is 11.9 Å². The van der Waals surface area contributed by atoms with Gasteiger partial charge < -0.3 is 42.0 Å². The molecule has 6 rings (SSSR count). The smallest absolute Gasteiger partial charge is 0.255 e. The van der Waals surface area contributed by atoms with E-state index in [-0.39, 0.29) is 30.3 Å². The van der Waals surface area contributed by atoms with Crippen molar-refractivity contribution in [1.82, 2.24) is 20.9 Å². The summed E-state index contributed by atoms with van der Waals surface area (Å²) in [4.78, 5) is 49.0. The number of carbonyl (C=O) groups excluding carboxylic acids is 3. The number of benzene rings is 5. The van der Waals surface area contributed by atoms with Crippen LogP contribution in [0.2, 0.25) is 0 Å². The molecule has 0 saturated heterocycles. The van der Waals surface area contributed by atoms with Gasteiger partial charge in [0.05, 0.1) is 24.9 Å². The predicted molar refractivity (Wildman–Crippen MR) is 218 cm³/mol. The number of aromatic amines is 1. The van der Waals surface area contributed by atoms with Crippen LogP contribution in [0.4, 0.5) is 11.4 Å². The van der Waals surface area contributed by atoms with Gasteiger partial charge in [0, 0.05) is 58.9 Å². The molecular formula is C41H41BrN8O4. The Labute approximate surface area is 321 Å². The third kappa shape index (κ3) is 9.62. The number of anilines is 2. The van der Waals surface area contributed by atoms with E-state index >= 15 is 0 Å². The highest BCUT2D eigenvalue weighted by atomic mass is 79.9. The van der Waals surface area contributed by atoms with Crippen molar-refractivity contribution in [2.75, 3.05) is 43.9 Å². The van der Waals surface area contributed by atoms with Crippen LogP contribution in [0.5, 0.6) is 5.75 Å². The zero-order valence-corrected chi connectivity index (χ0v) is 31.2. The van der Waals surface area contributed by atoms with E-state index in [9.17, 15) is 14.4 Å². The summed E-state index contributed by atoms with van der Waals surface area (Å²) in [6.07, 6.45) is 2.06. The number of rotatable bonds is 14. The van der Waals surface area contributed by atoms with E-state index in [2.05, 4.69) is 52.5 Å². The van der Waals surface area contributed by atoms with Crippen molar-refractivity contribution in [2.45, 2.75) is 12.5 Å². The molecule has 3 amide bonds. The highest BCUT2D eigenvalue weighted by molar-refractivity contribution is 9.10. The van der Waals surface area contributed by atoms with Gasteiger partial charge in [0.1, 0.15) is 11.8 Å². The van der Waals surface area contributed by atoms with Crippen LogP contribution in [0.25, 0.3) is 21.7 Å². The van der Waals surface area contributed by atoms with Gasteiger partial charge in [-0.3, -0.25) is 19.4 Å². The monoisotopic (exact) mass is 788 g/mol. The maximum Gasteiger partial charge on any atom is 0.255 e. The summed E-state index contributed by atoms with van der Waals surface area (Å²) in [5, 5.41) is 18.1. The Morgan fingerprint density at radius 3 is 2.39 bits per heavy atom. The molecule has 6 aromatic rings. The largest absolute Gasteiger partial charge is 0.497 e. The topological polar surface area (TPSA) is 175 Å². The third-order valence-corrected chi connectivity index (χ3v) is 9.17. The molecule has 5 aromatic carbocycles. The minimum absolute atomic E-state index is 0.197. The summed E-state index contributed by atoms with van der Waals surface area (Å²) in [7, 11) is 1.61. The lowest BCUT2D eigenvalue weighted by Gasteiger charge is -2.20. The lowest BCUT2D eigenvalue weighted by molar-refractivity contribution is -0.122. The average molecular weight is 790 g/mol. The minimum atomic E-state index is -0.956. The molecule has 13 heteroatoms. The molecule has 8 N–H and O–H groups in total. The summed E-state index contributed by atoms with van der Waals surface area (Å²) < 4.78 is 5.88. The number of aliphatic imine (C=N–C) groups is 1. The number of guanidine groups is 1. The fraction of sp³-hybridized carbons (Fsp3) is 0.171. The Bertz CT molecular complexity index is 2290. The highest BCUT2D eigenvalue weighted by Crippen LogP contribution is 2.24. The van der Waals surface area contributed by atoms with Crippen LogP contribution in [0.3, 0.4) is 0 Å². The van der Waals surface area contributed by atoms with Crippen molar-refractivity contribution in [3.05, 3.63) is 137 Å². The van der Waals surface area contributed by atoms with E-state index in [0.717, 1.165) is 38.7 Å². The first-order chi connectivity index (χ1) is 26.3. The standard InChI is InChI=1S/C41H41BrN8O4/c1-54-32-15-13-31(14-16-32)48-41(45-19-18-43)46-21-20-44-40(53)37(23-29-25-47-35-9-5-4-8-33(29)35)50-39(52)34-24-30(42)12-17-36(34)49-38(51)28-11-10-26-6-2-3-7-27(26)22-28/h2-17,22,24-25,37,47H,18-21,23,43H2,1H3,(H,44,53)(H,49,51)(H,50,52)(H2,45,46,48)/t37-/m0/s1. The van der Waals surface area contributed by atoms with Gasteiger partial charge in [-0.25, -0.2) is 0 Å². The Morgan fingerprint density at radius 2 is 1.59 bits per heavy atom. The third-order valence-electron chi connectivity index (χ3n) is 8.68. The highest BCUT2D eigenvalue weighted by Gasteiger charge is 2.25. The number of hydrogen-bond acceptors (Lipinski definition) is 6. The number of nitrogens with zero attached hydrogens (tertiary/aromatic N) is 1. The molecule has 0 aliphatic carbocycles. The number of ether oxygens (including phenoxy) is 1.